The molecule has 1 aliphatic carbocycles. The molecule has 1 heterocycles. The van der Waals surface area contributed by atoms with Crippen molar-refractivity contribution in [2.24, 2.45) is 0 Å². The first-order valence-electron chi connectivity index (χ1n) is 6.54. The van der Waals surface area contributed by atoms with Gasteiger partial charge in [0.2, 0.25) is 0 Å². The lowest BCUT2D eigenvalue weighted by Crippen LogP contribution is -2.49. The molecule has 1 fully saturated rings. The third-order valence-electron chi connectivity index (χ3n) is 3.36. The Morgan fingerprint density at radius 1 is 1.33 bits per heavy atom. The van der Waals surface area contributed by atoms with Crippen LogP contribution in [0.5, 0.6) is 0 Å². The van der Waals surface area contributed by atoms with E-state index in [2.05, 4.69) is 10.3 Å². The van der Waals surface area contributed by atoms with Crippen LogP contribution in [-0.4, -0.2) is 16.7 Å². The fraction of sp³-hybridized carbons (Fsp3) is 0.571. The van der Waals surface area contributed by atoms with E-state index in [-0.39, 0.29) is 5.97 Å². The lowest BCUT2D eigenvalue weighted by Gasteiger charge is -2.37. The van der Waals surface area contributed by atoms with Gasteiger partial charge in [0.05, 0.1) is 0 Å². The minimum atomic E-state index is -0.465. The number of pyridine rings is 1. The van der Waals surface area contributed by atoms with Crippen LogP contribution >= 0.6 is 0 Å². The average molecular weight is 248 g/mol. The van der Waals surface area contributed by atoms with Crippen LogP contribution in [0.15, 0.2) is 24.5 Å². The molecule has 0 spiro atoms. The monoisotopic (exact) mass is 248 g/mol. The highest BCUT2D eigenvalue weighted by Gasteiger charge is 2.34. The normalized spacial score (nSPS) is 18.3. The molecule has 0 atom stereocenters. The van der Waals surface area contributed by atoms with Gasteiger partial charge in [-0.25, -0.2) is 0 Å². The Morgan fingerprint density at radius 3 is 2.61 bits per heavy atom. The average Bonchev–Trinajstić information content (AvgIpc) is 2.38. The highest BCUT2D eigenvalue weighted by Crippen LogP contribution is 2.29. The summed E-state index contributed by atoms with van der Waals surface area (Å²) < 4.78 is 5.53. The number of esters is 1. The maximum atomic E-state index is 11.3. The van der Waals surface area contributed by atoms with E-state index in [4.69, 9.17) is 4.74 Å². The first-order valence-corrected chi connectivity index (χ1v) is 6.54. The molecule has 1 N–H and O–H groups in total. The maximum absolute atomic E-state index is 11.3. The number of nitrogens with one attached hydrogen (secondary N) is 1. The summed E-state index contributed by atoms with van der Waals surface area (Å²) in [5.74, 6) is -0.209. The zero-order chi connectivity index (χ0) is 12.8. The van der Waals surface area contributed by atoms with Crippen molar-refractivity contribution < 1.29 is 9.53 Å². The molecule has 0 unspecified atom stereocenters. The van der Waals surface area contributed by atoms with Crippen LogP contribution in [0.2, 0.25) is 0 Å². The van der Waals surface area contributed by atoms with Crippen LogP contribution in [0.4, 0.5) is 0 Å². The number of ether oxygens (including phenoxy) is 1. The van der Waals surface area contributed by atoms with Crippen LogP contribution in [0.25, 0.3) is 0 Å². The van der Waals surface area contributed by atoms with Crippen molar-refractivity contribution in [1.82, 2.24) is 10.3 Å². The van der Waals surface area contributed by atoms with Crippen LogP contribution in [0, 0.1) is 0 Å². The molecule has 4 heteroatoms. The molecule has 2 rings (SSSR count). The van der Waals surface area contributed by atoms with Gasteiger partial charge in [0.25, 0.3) is 0 Å². The third-order valence-corrected chi connectivity index (χ3v) is 3.36. The molecule has 0 aliphatic heterocycles. The second kappa shape index (κ2) is 5.96. The quantitative estimate of drug-likeness (QED) is 0.656. The number of carbonyl (C=O) groups excluding carboxylic acids is 1. The van der Waals surface area contributed by atoms with E-state index in [1.54, 1.807) is 12.4 Å². The van der Waals surface area contributed by atoms with Gasteiger partial charge in [-0.05, 0) is 30.5 Å². The van der Waals surface area contributed by atoms with E-state index in [9.17, 15) is 4.79 Å². The summed E-state index contributed by atoms with van der Waals surface area (Å²) in [6.07, 6.45) is 8.79. The van der Waals surface area contributed by atoms with E-state index in [0.29, 0.717) is 6.54 Å². The first-order chi connectivity index (χ1) is 8.70. The summed E-state index contributed by atoms with van der Waals surface area (Å²) in [4.78, 5) is 15.2. The van der Waals surface area contributed by atoms with Gasteiger partial charge in [-0.3, -0.25) is 15.1 Å². The largest absolute Gasteiger partial charge is 0.444 e. The van der Waals surface area contributed by atoms with Crippen LogP contribution in [0.3, 0.4) is 0 Å². The molecule has 0 saturated heterocycles. The molecule has 98 valence electrons. The molecule has 1 aliphatic rings. The van der Waals surface area contributed by atoms with Gasteiger partial charge >= 0.3 is 5.97 Å². The van der Waals surface area contributed by atoms with Crippen molar-refractivity contribution in [3.8, 4) is 0 Å². The summed E-state index contributed by atoms with van der Waals surface area (Å²) in [7, 11) is 0. The van der Waals surface area contributed by atoms with Crippen LogP contribution < -0.4 is 5.32 Å². The summed E-state index contributed by atoms with van der Waals surface area (Å²) in [6, 6.07) is 3.94. The van der Waals surface area contributed by atoms with Gasteiger partial charge < -0.3 is 4.74 Å². The smallest absolute Gasteiger partial charge is 0.304 e. The number of aromatic nitrogens is 1. The third kappa shape index (κ3) is 3.53. The Bertz CT molecular complexity index is 386. The maximum Gasteiger partial charge on any atom is 0.304 e. The molecule has 18 heavy (non-hydrogen) atoms. The van der Waals surface area contributed by atoms with Crippen molar-refractivity contribution >= 4 is 5.97 Å². The van der Waals surface area contributed by atoms with Crippen LogP contribution in [0.1, 0.15) is 44.6 Å². The minimum absolute atomic E-state index is 0.209. The van der Waals surface area contributed by atoms with Crippen molar-refractivity contribution in [2.45, 2.75) is 51.3 Å². The Hall–Kier alpha value is -1.42. The highest BCUT2D eigenvalue weighted by molar-refractivity contribution is 5.66. The van der Waals surface area contributed by atoms with Crippen molar-refractivity contribution in [2.75, 3.05) is 0 Å². The second-order valence-electron chi connectivity index (χ2n) is 4.86. The number of hydrogen-bond acceptors (Lipinski definition) is 4. The van der Waals surface area contributed by atoms with Crippen molar-refractivity contribution in [3.05, 3.63) is 30.1 Å². The first kappa shape index (κ1) is 13.0. The molecular weight excluding hydrogens is 228 g/mol. The second-order valence-corrected chi connectivity index (χ2v) is 4.86. The van der Waals surface area contributed by atoms with Gasteiger partial charge in [-0.2, -0.15) is 0 Å². The number of rotatable bonds is 4. The molecule has 0 aromatic carbocycles. The summed E-state index contributed by atoms with van der Waals surface area (Å²) in [6.45, 7) is 2.18. The van der Waals surface area contributed by atoms with Crippen molar-refractivity contribution in [3.63, 3.8) is 0 Å². The number of carbonyl (C=O) groups is 1. The highest BCUT2D eigenvalue weighted by atomic mass is 16.6. The molecule has 0 amide bonds. The lowest BCUT2D eigenvalue weighted by atomic mass is 9.91. The van der Waals surface area contributed by atoms with Gasteiger partial charge in [0.15, 0.2) is 5.72 Å². The van der Waals surface area contributed by atoms with Gasteiger partial charge in [0.1, 0.15) is 0 Å². The van der Waals surface area contributed by atoms with E-state index >= 15 is 0 Å². The number of nitrogens with zero attached hydrogens (tertiary/aromatic N) is 1. The predicted octanol–water partition coefficient (Wildman–Crippen LogP) is 2.39. The molecule has 1 aromatic rings. The molecule has 0 bridgehead atoms. The van der Waals surface area contributed by atoms with Gasteiger partial charge in [0, 0.05) is 38.7 Å². The lowest BCUT2D eigenvalue weighted by molar-refractivity contribution is -0.165. The Morgan fingerprint density at radius 2 is 2.00 bits per heavy atom. The fourth-order valence-corrected chi connectivity index (χ4v) is 2.48. The number of hydrogen-bond donors (Lipinski definition) is 1. The zero-order valence-electron chi connectivity index (χ0n) is 10.8. The van der Waals surface area contributed by atoms with Gasteiger partial charge in [-0.1, -0.05) is 6.42 Å². The predicted molar refractivity (Wildman–Crippen MR) is 68.7 cm³/mol. The minimum Gasteiger partial charge on any atom is -0.444 e. The molecule has 1 saturated carbocycles. The molecule has 1 aromatic heterocycles. The Kier molecular flexibility index (Phi) is 4.31. The zero-order valence-corrected chi connectivity index (χ0v) is 10.8. The summed E-state index contributed by atoms with van der Waals surface area (Å²) >= 11 is 0. The molecule has 4 nitrogen and oxygen atoms in total. The summed E-state index contributed by atoms with van der Waals surface area (Å²) in [5.41, 5.74) is 0.690. The standard InChI is InChI=1S/C14H20N2O2/c1-12(17)18-14(7-3-2-4-8-14)16-11-13-5-9-15-10-6-13/h5-6,9-10,16H,2-4,7-8,11H2,1H3. The van der Waals surface area contributed by atoms with Crippen molar-refractivity contribution in [1.29, 1.82) is 0 Å². The SMILES string of the molecule is CC(=O)OC1(NCc2ccncc2)CCCCC1. The molecular formula is C14H20N2O2. The van der Waals surface area contributed by atoms with E-state index < -0.39 is 5.72 Å². The van der Waals surface area contributed by atoms with Crippen LogP contribution in [-0.2, 0) is 16.1 Å². The fourth-order valence-electron chi connectivity index (χ4n) is 2.48. The summed E-state index contributed by atoms with van der Waals surface area (Å²) in [5, 5.41) is 3.41. The Balaban J connectivity index is 1.99. The van der Waals surface area contributed by atoms with E-state index in [0.717, 1.165) is 31.2 Å². The Labute approximate surface area is 108 Å². The van der Waals surface area contributed by atoms with E-state index in [1.807, 2.05) is 12.1 Å². The molecule has 0 radical (unpaired) electrons. The van der Waals surface area contributed by atoms with E-state index in [1.165, 1.54) is 13.3 Å². The topological polar surface area (TPSA) is 51.2 Å². The van der Waals surface area contributed by atoms with Gasteiger partial charge in [-0.15, -0.1) is 0 Å².